The number of carbonyl (C=O) groups excluding carboxylic acids is 1. The average Bonchev–Trinajstić information content (AvgIpc) is 1.74. The molecule has 0 bridgehead atoms. The molecular formula is C11H18O3. The first-order valence-corrected chi connectivity index (χ1v) is 5.15. The molecule has 0 atom stereocenters. The van der Waals surface area contributed by atoms with Crippen molar-refractivity contribution in [3.05, 3.63) is 0 Å². The van der Waals surface area contributed by atoms with Gasteiger partial charge in [0.15, 0.2) is 0 Å². The molecule has 0 aromatic carbocycles. The maximum atomic E-state index is 11.6. The lowest BCUT2D eigenvalue weighted by molar-refractivity contribution is -0.140. The van der Waals surface area contributed by atoms with Gasteiger partial charge >= 0.3 is 5.97 Å². The second-order valence-electron chi connectivity index (χ2n) is 5.01. The van der Waals surface area contributed by atoms with Crippen LogP contribution in [0.15, 0.2) is 0 Å². The Kier molecular flexibility index (Phi) is 3.29. The summed E-state index contributed by atoms with van der Waals surface area (Å²) in [6, 6.07) is 0. The molecule has 0 amide bonds. The van der Waals surface area contributed by atoms with E-state index in [4.69, 9.17) is 5.11 Å². The van der Waals surface area contributed by atoms with Crippen LogP contribution >= 0.6 is 0 Å². The quantitative estimate of drug-likeness (QED) is 0.737. The van der Waals surface area contributed by atoms with Crippen LogP contribution in [-0.2, 0) is 9.59 Å². The van der Waals surface area contributed by atoms with Gasteiger partial charge in [0.25, 0.3) is 0 Å². The van der Waals surface area contributed by atoms with E-state index < -0.39 is 11.4 Å². The predicted octanol–water partition coefficient (Wildman–Crippen LogP) is 2.25. The molecule has 1 N–H and O–H groups in total. The molecule has 0 spiro atoms. The fourth-order valence-electron chi connectivity index (χ4n) is 1.82. The summed E-state index contributed by atoms with van der Waals surface area (Å²) in [6.07, 6.45) is 3.63. The lowest BCUT2D eigenvalue weighted by Crippen LogP contribution is -2.28. The normalized spacial score (nSPS) is 17.6. The van der Waals surface area contributed by atoms with E-state index in [-0.39, 0.29) is 18.1 Å². The Morgan fingerprint density at radius 3 is 2.21 bits per heavy atom. The number of hydrogen-bond acceptors (Lipinski definition) is 2. The van der Waals surface area contributed by atoms with Crippen LogP contribution in [0.5, 0.6) is 0 Å². The molecule has 0 aliphatic heterocycles. The molecule has 0 unspecified atom stereocenters. The zero-order valence-corrected chi connectivity index (χ0v) is 8.88. The van der Waals surface area contributed by atoms with Gasteiger partial charge in [-0.1, -0.05) is 20.3 Å². The standard InChI is InChI=1S/C11H18O3/c1-11(2,7-10(13)14)6-9(12)8-4-3-5-8/h8H,3-7H2,1-2H3,(H,13,14). The van der Waals surface area contributed by atoms with Gasteiger partial charge in [0.05, 0.1) is 6.42 Å². The summed E-state index contributed by atoms with van der Waals surface area (Å²) >= 11 is 0. The summed E-state index contributed by atoms with van der Waals surface area (Å²) in [7, 11) is 0. The first-order valence-electron chi connectivity index (χ1n) is 5.15. The smallest absolute Gasteiger partial charge is 0.303 e. The van der Waals surface area contributed by atoms with Gasteiger partial charge in [0.2, 0.25) is 0 Å². The van der Waals surface area contributed by atoms with E-state index in [0.717, 1.165) is 19.3 Å². The molecule has 3 heteroatoms. The summed E-state index contributed by atoms with van der Waals surface area (Å²) in [4.78, 5) is 22.2. The summed E-state index contributed by atoms with van der Waals surface area (Å²) in [6.45, 7) is 3.69. The third kappa shape index (κ3) is 3.13. The predicted molar refractivity (Wildman–Crippen MR) is 53.0 cm³/mol. The highest BCUT2D eigenvalue weighted by Gasteiger charge is 2.31. The molecule has 0 aromatic heterocycles. The second kappa shape index (κ2) is 4.11. The highest BCUT2D eigenvalue weighted by molar-refractivity contribution is 5.83. The molecular weight excluding hydrogens is 180 g/mol. The zero-order chi connectivity index (χ0) is 10.8. The van der Waals surface area contributed by atoms with Crippen LogP contribution in [0.3, 0.4) is 0 Å². The number of carboxylic acid groups (broad SMARTS) is 1. The first-order chi connectivity index (χ1) is 6.41. The van der Waals surface area contributed by atoms with Crippen LogP contribution in [-0.4, -0.2) is 16.9 Å². The van der Waals surface area contributed by atoms with Crippen molar-refractivity contribution < 1.29 is 14.7 Å². The van der Waals surface area contributed by atoms with Crippen molar-refractivity contribution in [3.63, 3.8) is 0 Å². The molecule has 3 nitrogen and oxygen atoms in total. The van der Waals surface area contributed by atoms with Gasteiger partial charge in [-0.25, -0.2) is 0 Å². The molecule has 1 aliphatic carbocycles. The van der Waals surface area contributed by atoms with Crippen LogP contribution in [0.2, 0.25) is 0 Å². The van der Waals surface area contributed by atoms with E-state index in [1.54, 1.807) is 0 Å². The Morgan fingerprint density at radius 2 is 1.86 bits per heavy atom. The molecule has 14 heavy (non-hydrogen) atoms. The van der Waals surface area contributed by atoms with Crippen LogP contribution in [0, 0.1) is 11.3 Å². The van der Waals surface area contributed by atoms with Crippen LogP contribution in [0.25, 0.3) is 0 Å². The fourth-order valence-corrected chi connectivity index (χ4v) is 1.82. The van der Waals surface area contributed by atoms with E-state index in [9.17, 15) is 9.59 Å². The maximum absolute atomic E-state index is 11.6. The average molecular weight is 198 g/mol. The summed E-state index contributed by atoms with van der Waals surface area (Å²) in [5.41, 5.74) is -0.390. The van der Waals surface area contributed by atoms with Crippen molar-refractivity contribution in [3.8, 4) is 0 Å². The van der Waals surface area contributed by atoms with Crippen LogP contribution < -0.4 is 0 Å². The SMILES string of the molecule is CC(C)(CC(=O)O)CC(=O)C1CCC1. The first kappa shape index (κ1) is 11.2. The van der Waals surface area contributed by atoms with Crippen molar-refractivity contribution in [1.82, 2.24) is 0 Å². The third-order valence-electron chi connectivity index (χ3n) is 2.84. The van der Waals surface area contributed by atoms with E-state index in [2.05, 4.69) is 0 Å². The fraction of sp³-hybridized carbons (Fsp3) is 0.818. The van der Waals surface area contributed by atoms with E-state index in [1.165, 1.54) is 0 Å². The van der Waals surface area contributed by atoms with Crippen molar-refractivity contribution in [2.24, 2.45) is 11.3 Å². The lowest BCUT2D eigenvalue weighted by atomic mass is 9.75. The molecule has 0 radical (unpaired) electrons. The van der Waals surface area contributed by atoms with Crippen molar-refractivity contribution in [1.29, 1.82) is 0 Å². The Bertz CT molecular complexity index is 239. The van der Waals surface area contributed by atoms with Crippen molar-refractivity contribution >= 4 is 11.8 Å². The molecule has 1 fully saturated rings. The number of carbonyl (C=O) groups is 2. The molecule has 80 valence electrons. The highest BCUT2D eigenvalue weighted by Crippen LogP contribution is 2.33. The highest BCUT2D eigenvalue weighted by atomic mass is 16.4. The van der Waals surface area contributed by atoms with Gasteiger partial charge < -0.3 is 5.11 Å². The van der Waals surface area contributed by atoms with E-state index in [1.807, 2.05) is 13.8 Å². The Morgan fingerprint density at radius 1 is 1.29 bits per heavy atom. The molecule has 0 heterocycles. The number of aliphatic carboxylic acids is 1. The second-order valence-corrected chi connectivity index (χ2v) is 5.01. The maximum Gasteiger partial charge on any atom is 0.303 e. The Labute approximate surface area is 84.5 Å². The van der Waals surface area contributed by atoms with Gasteiger partial charge in [-0.3, -0.25) is 9.59 Å². The van der Waals surface area contributed by atoms with E-state index >= 15 is 0 Å². The monoisotopic (exact) mass is 198 g/mol. The van der Waals surface area contributed by atoms with Crippen LogP contribution in [0.4, 0.5) is 0 Å². The molecule has 1 saturated carbocycles. The third-order valence-corrected chi connectivity index (χ3v) is 2.84. The minimum atomic E-state index is -0.823. The number of ketones is 1. The van der Waals surface area contributed by atoms with Crippen LogP contribution in [0.1, 0.15) is 46.0 Å². The zero-order valence-electron chi connectivity index (χ0n) is 8.88. The van der Waals surface area contributed by atoms with Crippen molar-refractivity contribution in [2.75, 3.05) is 0 Å². The van der Waals surface area contributed by atoms with Gasteiger partial charge in [-0.15, -0.1) is 0 Å². The van der Waals surface area contributed by atoms with Crippen molar-refractivity contribution in [2.45, 2.75) is 46.0 Å². The molecule has 0 aromatic rings. The summed E-state index contributed by atoms with van der Waals surface area (Å²) in [5, 5.41) is 8.66. The summed E-state index contributed by atoms with van der Waals surface area (Å²) < 4.78 is 0. The van der Waals surface area contributed by atoms with Gasteiger partial charge in [-0.2, -0.15) is 0 Å². The Hall–Kier alpha value is -0.860. The number of carboxylic acids is 1. The minimum Gasteiger partial charge on any atom is -0.481 e. The van der Waals surface area contributed by atoms with Gasteiger partial charge in [0.1, 0.15) is 5.78 Å². The number of Topliss-reactive ketones (excluding diaryl/α,β-unsaturated/α-hetero) is 1. The Balaban J connectivity index is 2.40. The molecule has 0 saturated heterocycles. The van der Waals surface area contributed by atoms with E-state index in [0.29, 0.717) is 6.42 Å². The van der Waals surface area contributed by atoms with Gasteiger partial charge in [-0.05, 0) is 18.3 Å². The largest absolute Gasteiger partial charge is 0.481 e. The van der Waals surface area contributed by atoms with Gasteiger partial charge in [0, 0.05) is 12.3 Å². The number of hydrogen-bond donors (Lipinski definition) is 1. The lowest BCUT2D eigenvalue weighted by Gasteiger charge is -2.28. The molecule has 1 aliphatic rings. The minimum absolute atomic E-state index is 0.0749. The molecule has 1 rings (SSSR count). The topological polar surface area (TPSA) is 54.4 Å². The number of rotatable bonds is 5. The summed E-state index contributed by atoms with van der Waals surface area (Å²) in [5.74, 6) is -0.345.